The number of ether oxygens (including phenoxy) is 1. The normalized spacial score (nSPS) is 21.8. The molecule has 3 heterocycles. The van der Waals surface area contributed by atoms with Gasteiger partial charge in [0, 0.05) is 67.7 Å². The molecule has 5 rings (SSSR count). The van der Waals surface area contributed by atoms with Crippen LogP contribution in [0.5, 0.6) is 0 Å². The first kappa shape index (κ1) is 22.2. The predicted molar refractivity (Wildman–Crippen MR) is 130 cm³/mol. The topological polar surface area (TPSA) is 87.8 Å². The Kier molecular flexibility index (Phi) is 6.29. The molecule has 3 aliphatic rings. The second-order valence-electron chi connectivity index (χ2n) is 9.16. The van der Waals surface area contributed by atoms with Gasteiger partial charge in [0.15, 0.2) is 0 Å². The van der Waals surface area contributed by atoms with E-state index in [1.54, 1.807) is 0 Å². The second-order valence-corrected chi connectivity index (χ2v) is 9.56. The number of hydrogen-bond donors (Lipinski definition) is 1. The van der Waals surface area contributed by atoms with Crippen LogP contribution in [0.25, 0.3) is 0 Å². The third-order valence-corrected chi connectivity index (χ3v) is 7.05. The lowest BCUT2D eigenvalue weighted by Crippen LogP contribution is -2.49. The Bertz CT molecular complexity index is 1000. The Hall–Kier alpha value is -2.58. The minimum atomic E-state index is -0.0595. The van der Waals surface area contributed by atoms with Gasteiger partial charge in [-0.15, -0.1) is 0 Å². The van der Waals surface area contributed by atoms with Crippen LogP contribution in [-0.4, -0.2) is 66.7 Å². The number of carbonyl (C=O) groups is 1. The third kappa shape index (κ3) is 4.87. The molecule has 3 fully saturated rings. The largest absolute Gasteiger partial charge is 0.379 e. The number of piperazine rings is 1. The lowest BCUT2D eigenvalue weighted by molar-refractivity contribution is -0.132. The number of carbonyl (C=O) groups excluding carboxylic acids is 1. The summed E-state index contributed by atoms with van der Waals surface area (Å²) in [5.74, 6) is 1.68. The van der Waals surface area contributed by atoms with Gasteiger partial charge in [-0.25, -0.2) is 4.98 Å². The van der Waals surface area contributed by atoms with Crippen molar-refractivity contribution in [3.05, 3.63) is 40.5 Å². The lowest BCUT2D eigenvalue weighted by Gasteiger charge is -2.37. The van der Waals surface area contributed by atoms with Gasteiger partial charge >= 0.3 is 0 Å². The fourth-order valence-corrected chi connectivity index (χ4v) is 5.09. The molecule has 1 atom stereocenters. The molecule has 33 heavy (non-hydrogen) atoms. The molecule has 0 bridgehead atoms. The fraction of sp³-hybridized carbons (Fsp3) is 0.542. The number of halogens is 1. The highest BCUT2D eigenvalue weighted by Gasteiger charge is 2.35. The van der Waals surface area contributed by atoms with Gasteiger partial charge in [-0.1, -0.05) is 17.7 Å². The smallest absolute Gasteiger partial charge is 0.225 e. The summed E-state index contributed by atoms with van der Waals surface area (Å²) < 4.78 is 5.91. The molecule has 1 amide bonds. The number of nitrogens with two attached hydrogens (primary N) is 1. The van der Waals surface area contributed by atoms with Gasteiger partial charge in [-0.2, -0.15) is 4.98 Å². The molecule has 2 saturated heterocycles. The highest BCUT2D eigenvalue weighted by Crippen LogP contribution is 2.36. The van der Waals surface area contributed by atoms with Crippen molar-refractivity contribution in [1.82, 2.24) is 14.9 Å². The Morgan fingerprint density at radius 2 is 1.91 bits per heavy atom. The monoisotopic (exact) mass is 470 g/mol. The van der Waals surface area contributed by atoms with E-state index in [0.29, 0.717) is 24.1 Å². The summed E-state index contributed by atoms with van der Waals surface area (Å²) in [6, 6.07) is 8.17. The van der Waals surface area contributed by atoms with Crippen molar-refractivity contribution >= 4 is 35.0 Å². The molecule has 1 aromatic heterocycles. The number of benzene rings is 1. The van der Waals surface area contributed by atoms with E-state index in [-0.39, 0.29) is 17.9 Å². The second kappa shape index (κ2) is 9.35. The molecule has 8 nitrogen and oxygen atoms in total. The number of nitrogen functional groups attached to an aromatic ring is 1. The molecular weight excluding hydrogens is 440 g/mol. The molecular formula is C24H31ClN6O2. The highest BCUT2D eigenvalue weighted by molar-refractivity contribution is 6.31. The van der Waals surface area contributed by atoms with E-state index in [4.69, 9.17) is 22.1 Å². The SMILES string of the molecule is Cc1cc(N2CCCOC[C@H]2c2ccc(N3CCN(C(=O)C4CC4)CC3)cc2Cl)nc(N)n1. The maximum atomic E-state index is 12.3. The minimum absolute atomic E-state index is 0.0595. The molecule has 0 radical (unpaired) electrons. The van der Waals surface area contributed by atoms with E-state index >= 15 is 0 Å². The molecule has 0 spiro atoms. The number of aryl methyl sites for hydroxylation is 1. The first-order valence-corrected chi connectivity index (χ1v) is 12.2. The molecule has 9 heteroatoms. The maximum Gasteiger partial charge on any atom is 0.225 e. The summed E-state index contributed by atoms with van der Waals surface area (Å²) in [5.41, 5.74) is 8.87. The first-order valence-electron chi connectivity index (χ1n) is 11.8. The molecule has 1 aromatic carbocycles. The van der Waals surface area contributed by atoms with Crippen molar-refractivity contribution in [3.8, 4) is 0 Å². The van der Waals surface area contributed by atoms with Gasteiger partial charge in [0.2, 0.25) is 11.9 Å². The molecule has 176 valence electrons. The van der Waals surface area contributed by atoms with Crippen LogP contribution in [0.1, 0.15) is 36.6 Å². The van der Waals surface area contributed by atoms with E-state index in [0.717, 1.165) is 74.7 Å². The summed E-state index contributed by atoms with van der Waals surface area (Å²) in [6.07, 6.45) is 3.01. The molecule has 2 aliphatic heterocycles. The van der Waals surface area contributed by atoms with Gasteiger partial charge in [-0.05, 0) is 43.9 Å². The van der Waals surface area contributed by atoms with Crippen LogP contribution in [0.4, 0.5) is 17.5 Å². The number of anilines is 3. The summed E-state index contributed by atoms with van der Waals surface area (Å²) in [4.78, 5) is 27.6. The van der Waals surface area contributed by atoms with Crippen LogP contribution in [0.15, 0.2) is 24.3 Å². The summed E-state index contributed by atoms with van der Waals surface area (Å²) in [7, 11) is 0. The van der Waals surface area contributed by atoms with Crippen LogP contribution < -0.4 is 15.5 Å². The standard InChI is InChI=1S/C24H31ClN6O2/c1-16-13-22(28-24(26)27-16)31-7-2-12-33-15-21(31)19-6-5-18(14-20(19)25)29-8-10-30(11-9-29)23(32)17-3-4-17/h5-6,13-14,17,21H,2-4,7-12,15H2,1H3,(H2,26,27,28)/t21-/m0/s1. The number of hydrogen-bond acceptors (Lipinski definition) is 7. The molecule has 1 aliphatic carbocycles. The predicted octanol–water partition coefficient (Wildman–Crippen LogP) is 3.05. The van der Waals surface area contributed by atoms with E-state index < -0.39 is 0 Å². The van der Waals surface area contributed by atoms with Gasteiger partial charge in [0.05, 0.1) is 12.6 Å². The van der Waals surface area contributed by atoms with Crippen molar-refractivity contribution in [3.63, 3.8) is 0 Å². The van der Waals surface area contributed by atoms with Crippen molar-refractivity contribution in [2.45, 2.75) is 32.2 Å². The van der Waals surface area contributed by atoms with Crippen LogP contribution in [-0.2, 0) is 9.53 Å². The van der Waals surface area contributed by atoms with Gasteiger partial charge < -0.3 is 25.2 Å². The van der Waals surface area contributed by atoms with Crippen molar-refractivity contribution in [2.75, 3.05) is 61.5 Å². The van der Waals surface area contributed by atoms with Crippen LogP contribution in [0.3, 0.4) is 0 Å². The Morgan fingerprint density at radius 3 is 2.61 bits per heavy atom. The molecule has 2 aromatic rings. The highest BCUT2D eigenvalue weighted by atomic mass is 35.5. The third-order valence-electron chi connectivity index (χ3n) is 6.72. The van der Waals surface area contributed by atoms with E-state index in [1.807, 2.05) is 24.0 Å². The maximum absolute atomic E-state index is 12.3. The van der Waals surface area contributed by atoms with Crippen molar-refractivity contribution in [1.29, 1.82) is 0 Å². The minimum Gasteiger partial charge on any atom is -0.379 e. The zero-order chi connectivity index (χ0) is 22.9. The summed E-state index contributed by atoms with van der Waals surface area (Å²) >= 11 is 6.85. The molecule has 1 saturated carbocycles. The van der Waals surface area contributed by atoms with Gasteiger partial charge in [0.1, 0.15) is 5.82 Å². The first-order chi connectivity index (χ1) is 16.0. The summed E-state index contributed by atoms with van der Waals surface area (Å²) in [6.45, 7) is 7.15. The van der Waals surface area contributed by atoms with Crippen molar-refractivity contribution < 1.29 is 9.53 Å². The van der Waals surface area contributed by atoms with E-state index in [9.17, 15) is 4.79 Å². The Labute approximate surface area is 199 Å². The van der Waals surface area contributed by atoms with Crippen LogP contribution in [0.2, 0.25) is 5.02 Å². The average molecular weight is 471 g/mol. The number of rotatable bonds is 4. The van der Waals surface area contributed by atoms with Crippen LogP contribution >= 0.6 is 11.6 Å². The molecule has 0 unspecified atom stereocenters. The zero-order valence-electron chi connectivity index (χ0n) is 19.0. The zero-order valence-corrected chi connectivity index (χ0v) is 19.8. The van der Waals surface area contributed by atoms with Crippen LogP contribution in [0, 0.1) is 12.8 Å². The van der Waals surface area contributed by atoms with Crippen molar-refractivity contribution in [2.24, 2.45) is 5.92 Å². The van der Waals surface area contributed by atoms with Gasteiger partial charge in [0.25, 0.3) is 0 Å². The number of nitrogens with zero attached hydrogens (tertiary/aromatic N) is 5. The molecule has 2 N–H and O–H groups in total. The Morgan fingerprint density at radius 1 is 1.12 bits per heavy atom. The summed E-state index contributed by atoms with van der Waals surface area (Å²) in [5, 5.41) is 0.711. The number of aromatic nitrogens is 2. The van der Waals surface area contributed by atoms with Gasteiger partial charge in [-0.3, -0.25) is 4.79 Å². The average Bonchev–Trinajstić information content (AvgIpc) is 3.65. The fourth-order valence-electron chi connectivity index (χ4n) is 4.79. The number of amides is 1. The van der Waals surface area contributed by atoms with E-state index in [2.05, 4.69) is 31.9 Å². The quantitative estimate of drug-likeness (QED) is 0.734. The lowest BCUT2D eigenvalue weighted by atomic mass is 10.0. The Balaban J connectivity index is 1.34. The van der Waals surface area contributed by atoms with E-state index in [1.165, 1.54) is 0 Å².